The summed E-state index contributed by atoms with van der Waals surface area (Å²) in [7, 11) is 0. The highest BCUT2D eigenvalue weighted by atomic mass is 16.3. The molecule has 0 saturated carbocycles. The van der Waals surface area contributed by atoms with Crippen LogP contribution in [0.5, 0.6) is 0 Å². The molecule has 6 nitrogen and oxygen atoms in total. The van der Waals surface area contributed by atoms with E-state index in [0.29, 0.717) is 17.8 Å². The van der Waals surface area contributed by atoms with Crippen LogP contribution in [-0.4, -0.2) is 27.0 Å². The van der Waals surface area contributed by atoms with E-state index >= 15 is 0 Å². The molecule has 0 unspecified atom stereocenters. The van der Waals surface area contributed by atoms with Gasteiger partial charge in [0.15, 0.2) is 5.65 Å². The summed E-state index contributed by atoms with van der Waals surface area (Å²) in [5.41, 5.74) is 5.09. The Kier molecular flexibility index (Phi) is 4.46. The number of nitrogens with one attached hydrogen (secondary N) is 1. The monoisotopic (exact) mass is 360 g/mol. The van der Waals surface area contributed by atoms with Crippen LogP contribution in [0.2, 0.25) is 0 Å². The van der Waals surface area contributed by atoms with Crippen LogP contribution < -0.4 is 5.32 Å². The molecule has 0 saturated heterocycles. The van der Waals surface area contributed by atoms with Crippen molar-refractivity contribution in [1.29, 1.82) is 0 Å². The van der Waals surface area contributed by atoms with Gasteiger partial charge in [-0.1, -0.05) is 24.3 Å². The first-order chi connectivity index (χ1) is 13.1. The summed E-state index contributed by atoms with van der Waals surface area (Å²) in [4.78, 5) is 17.0. The smallest absolute Gasteiger partial charge is 0.256 e. The lowest BCUT2D eigenvalue weighted by Crippen LogP contribution is -2.25. The fraction of sp³-hybridized carbons (Fsp3) is 0.190. The van der Waals surface area contributed by atoms with Crippen LogP contribution in [0.4, 0.5) is 0 Å². The second kappa shape index (κ2) is 7.07. The highest BCUT2D eigenvalue weighted by Crippen LogP contribution is 2.20. The van der Waals surface area contributed by atoms with Crippen LogP contribution in [-0.2, 0) is 6.42 Å². The Labute approximate surface area is 156 Å². The zero-order valence-corrected chi connectivity index (χ0v) is 15.3. The predicted molar refractivity (Wildman–Crippen MR) is 103 cm³/mol. The largest absolute Gasteiger partial charge is 0.464 e. The Morgan fingerprint density at radius 2 is 2.00 bits per heavy atom. The first-order valence-electron chi connectivity index (χ1n) is 8.85. The molecule has 4 aromatic rings. The number of carbonyl (C=O) groups excluding carboxylic acids is 1. The van der Waals surface area contributed by atoms with Gasteiger partial charge in [0, 0.05) is 23.5 Å². The summed E-state index contributed by atoms with van der Waals surface area (Å²) in [5, 5.41) is 7.22. The summed E-state index contributed by atoms with van der Waals surface area (Å²) < 4.78 is 7.08. The molecule has 0 aliphatic carbocycles. The molecule has 1 N–H and O–H groups in total. The summed E-state index contributed by atoms with van der Waals surface area (Å²) in [5.74, 6) is 0.690. The standard InChI is InChI=1S/C21H20N4O2/c1-14-12-15(2)25-20(24-14)18(13-23-25)21(26)22-10-9-16-5-7-17(8-6-16)19-4-3-11-27-19/h3-8,11-13H,9-10H2,1-2H3,(H,22,26). The highest BCUT2D eigenvalue weighted by molar-refractivity contribution is 5.99. The number of fused-ring (bicyclic) bond motifs is 1. The van der Waals surface area contributed by atoms with E-state index in [2.05, 4.69) is 15.4 Å². The first kappa shape index (κ1) is 17.0. The van der Waals surface area contributed by atoms with Crippen LogP contribution >= 0.6 is 0 Å². The molecule has 1 aromatic carbocycles. The van der Waals surface area contributed by atoms with E-state index < -0.39 is 0 Å². The molecule has 0 bridgehead atoms. The summed E-state index contributed by atoms with van der Waals surface area (Å²) in [6.45, 7) is 4.40. The van der Waals surface area contributed by atoms with Crippen molar-refractivity contribution in [2.24, 2.45) is 0 Å². The zero-order valence-electron chi connectivity index (χ0n) is 15.3. The topological polar surface area (TPSA) is 72.4 Å². The Morgan fingerprint density at radius 3 is 2.74 bits per heavy atom. The molecule has 136 valence electrons. The number of hydrogen-bond acceptors (Lipinski definition) is 4. The van der Waals surface area contributed by atoms with E-state index in [1.165, 1.54) is 0 Å². The second-order valence-corrected chi connectivity index (χ2v) is 6.51. The quantitative estimate of drug-likeness (QED) is 0.590. The third-order valence-electron chi connectivity index (χ3n) is 4.48. The van der Waals surface area contributed by atoms with Gasteiger partial charge in [-0.2, -0.15) is 5.10 Å². The third-order valence-corrected chi connectivity index (χ3v) is 4.48. The van der Waals surface area contributed by atoms with Crippen molar-refractivity contribution in [3.8, 4) is 11.3 Å². The highest BCUT2D eigenvalue weighted by Gasteiger charge is 2.15. The molecule has 27 heavy (non-hydrogen) atoms. The summed E-state index contributed by atoms with van der Waals surface area (Å²) >= 11 is 0. The molecular weight excluding hydrogens is 340 g/mol. The number of benzene rings is 1. The first-order valence-corrected chi connectivity index (χ1v) is 8.85. The maximum absolute atomic E-state index is 12.5. The molecule has 3 heterocycles. The Hall–Kier alpha value is -3.41. The van der Waals surface area contributed by atoms with Gasteiger partial charge in [-0.3, -0.25) is 4.79 Å². The van der Waals surface area contributed by atoms with E-state index in [1.54, 1.807) is 17.0 Å². The number of rotatable bonds is 5. The Bertz CT molecular complexity index is 1080. The van der Waals surface area contributed by atoms with Crippen molar-refractivity contribution in [2.45, 2.75) is 20.3 Å². The van der Waals surface area contributed by atoms with Crippen molar-refractivity contribution >= 4 is 11.6 Å². The summed E-state index contributed by atoms with van der Waals surface area (Å²) in [6, 6.07) is 13.9. The van der Waals surface area contributed by atoms with Gasteiger partial charge < -0.3 is 9.73 Å². The number of aromatic nitrogens is 3. The molecule has 0 aliphatic rings. The van der Waals surface area contributed by atoms with Gasteiger partial charge in [-0.15, -0.1) is 0 Å². The minimum atomic E-state index is -0.158. The lowest BCUT2D eigenvalue weighted by Gasteiger charge is -2.06. The van der Waals surface area contributed by atoms with E-state index in [9.17, 15) is 4.79 Å². The molecule has 6 heteroatoms. The van der Waals surface area contributed by atoms with Gasteiger partial charge in [-0.05, 0) is 44.0 Å². The molecular formula is C21H20N4O2. The number of furan rings is 1. The number of nitrogens with zero attached hydrogens (tertiary/aromatic N) is 3. The van der Waals surface area contributed by atoms with Gasteiger partial charge in [0.05, 0.1) is 12.5 Å². The minimum absolute atomic E-state index is 0.158. The Morgan fingerprint density at radius 1 is 1.19 bits per heavy atom. The maximum Gasteiger partial charge on any atom is 0.256 e. The fourth-order valence-corrected chi connectivity index (χ4v) is 3.12. The number of hydrogen-bond donors (Lipinski definition) is 1. The molecule has 0 radical (unpaired) electrons. The van der Waals surface area contributed by atoms with Crippen molar-refractivity contribution in [3.05, 3.63) is 77.4 Å². The predicted octanol–water partition coefficient (Wildman–Crippen LogP) is 3.58. The minimum Gasteiger partial charge on any atom is -0.464 e. The van der Waals surface area contributed by atoms with Crippen LogP contribution in [0, 0.1) is 13.8 Å². The molecule has 0 aliphatic heterocycles. The van der Waals surface area contributed by atoms with E-state index in [4.69, 9.17) is 4.42 Å². The molecule has 4 rings (SSSR count). The van der Waals surface area contributed by atoms with Crippen molar-refractivity contribution in [3.63, 3.8) is 0 Å². The SMILES string of the molecule is Cc1cc(C)n2ncc(C(=O)NCCc3ccc(-c4ccco4)cc3)c2n1. The average molecular weight is 360 g/mol. The van der Waals surface area contributed by atoms with Gasteiger partial charge >= 0.3 is 0 Å². The average Bonchev–Trinajstić information content (AvgIpc) is 3.32. The second-order valence-electron chi connectivity index (χ2n) is 6.51. The van der Waals surface area contributed by atoms with Crippen molar-refractivity contribution < 1.29 is 9.21 Å². The van der Waals surface area contributed by atoms with Gasteiger partial charge in [0.25, 0.3) is 5.91 Å². The third kappa shape index (κ3) is 3.46. The van der Waals surface area contributed by atoms with E-state index in [-0.39, 0.29) is 5.91 Å². The van der Waals surface area contributed by atoms with Crippen LogP contribution in [0.25, 0.3) is 17.0 Å². The van der Waals surface area contributed by atoms with Gasteiger partial charge in [0.1, 0.15) is 11.3 Å². The van der Waals surface area contributed by atoms with Gasteiger partial charge in [-0.25, -0.2) is 9.50 Å². The fourth-order valence-electron chi connectivity index (χ4n) is 3.12. The molecule has 0 spiro atoms. The number of amides is 1. The zero-order chi connectivity index (χ0) is 18.8. The summed E-state index contributed by atoms with van der Waals surface area (Å²) in [6.07, 6.45) is 3.98. The lowest BCUT2D eigenvalue weighted by atomic mass is 10.1. The van der Waals surface area contributed by atoms with E-state index in [0.717, 1.165) is 34.7 Å². The molecule has 0 fully saturated rings. The lowest BCUT2D eigenvalue weighted by molar-refractivity contribution is 0.0955. The molecule has 0 atom stereocenters. The number of carbonyl (C=O) groups is 1. The molecule has 3 aromatic heterocycles. The van der Waals surface area contributed by atoms with E-state index in [1.807, 2.05) is 56.3 Å². The van der Waals surface area contributed by atoms with Gasteiger partial charge in [0.2, 0.25) is 0 Å². The van der Waals surface area contributed by atoms with Crippen LogP contribution in [0.1, 0.15) is 27.3 Å². The maximum atomic E-state index is 12.5. The normalized spacial score (nSPS) is 11.0. The molecule has 1 amide bonds. The Balaban J connectivity index is 1.40. The van der Waals surface area contributed by atoms with Crippen LogP contribution in [0.3, 0.4) is 0 Å². The van der Waals surface area contributed by atoms with Crippen molar-refractivity contribution in [2.75, 3.05) is 6.54 Å². The van der Waals surface area contributed by atoms with Crippen LogP contribution in [0.15, 0.2) is 59.3 Å². The number of aryl methyl sites for hydroxylation is 2. The van der Waals surface area contributed by atoms with Crippen molar-refractivity contribution in [1.82, 2.24) is 19.9 Å².